The lowest BCUT2D eigenvalue weighted by Crippen LogP contribution is -2.41. The van der Waals surface area contributed by atoms with Crippen molar-refractivity contribution in [1.82, 2.24) is 5.32 Å². The van der Waals surface area contributed by atoms with Crippen LogP contribution in [-0.4, -0.2) is 31.7 Å². The summed E-state index contributed by atoms with van der Waals surface area (Å²) in [5.41, 5.74) is 5.76. The summed E-state index contributed by atoms with van der Waals surface area (Å²) >= 11 is 0. The third-order valence-electron chi connectivity index (χ3n) is 3.08. The Hall–Kier alpha value is -0.610. The smallest absolute Gasteiger partial charge is 0.236 e. The van der Waals surface area contributed by atoms with Crippen molar-refractivity contribution in [3.8, 4) is 0 Å². The molecule has 1 rings (SSSR count). The van der Waals surface area contributed by atoms with Crippen LogP contribution in [0.2, 0.25) is 0 Å². The average Bonchev–Trinajstić information content (AvgIpc) is 2.78. The highest BCUT2D eigenvalue weighted by Gasteiger charge is 2.16. The highest BCUT2D eigenvalue weighted by Crippen LogP contribution is 2.15. The average molecular weight is 228 g/mol. The molecular formula is C12H24N2O2. The van der Waals surface area contributed by atoms with E-state index in [-0.39, 0.29) is 11.9 Å². The molecule has 94 valence electrons. The van der Waals surface area contributed by atoms with Crippen molar-refractivity contribution in [2.24, 2.45) is 11.7 Å². The fourth-order valence-electron chi connectivity index (χ4n) is 1.90. The quantitative estimate of drug-likeness (QED) is 0.684. The van der Waals surface area contributed by atoms with E-state index in [9.17, 15) is 4.79 Å². The van der Waals surface area contributed by atoms with E-state index in [4.69, 9.17) is 10.5 Å². The summed E-state index contributed by atoms with van der Waals surface area (Å²) in [6.07, 6.45) is 5.02. The molecule has 1 saturated heterocycles. The van der Waals surface area contributed by atoms with Gasteiger partial charge in [-0.15, -0.1) is 0 Å². The van der Waals surface area contributed by atoms with Gasteiger partial charge in [-0.1, -0.05) is 19.8 Å². The van der Waals surface area contributed by atoms with Crippen LogP contribution < -0.4 is 11.1 Å². The Morgan fingerprint density at radius 1 is 1.62 bits per heavy atom. The molecular weight excluding hydrogens is 204 g/mol. The molecule has 0 radical (unpaired) electrons. The van der Waals surface area contributed by atoms with Gasteiger partial charge in [0.2, 0.25) is 5.91 Å². The maximum absolute atomic E-state index is 11.6. The molecule has 2 atom stereocenters. The Kier molecular flexibility index (Phi) is 6.42. The van der Waals surface area contributed by atoms with Crippen molar-refractivity contribution >= 4 is 5.91 Å². The van der Waals surface area contributed by atoms with Crippen LogP contribution in [0.15, 0.2) is 0 Å². The third-order valence-corrected chi connectivity index (χ3v) is 3.08. The summed E-state index contributed by atoms with van der Waals surface area (Å²) in [5, 5.41) is 2.90. The van der Waals surface area contributed by atoms with E-state index < -0.39 is 0 Å². The largest absolute Gasteiger partial charge is 0.381 e. The van der Waals surface area contributed by atoms with E-state index in [0.29, 0.717) is 5.92 Å². The monoisotopic (exact) mass is 228 g/mol. The summed E-state index contributed by atoms with van der Waals surface area (Å²) in [6, 6.07) is -0.334. The van der Waals surface area contributed by atoms with Gasteiger partial charge in [-0.25, -0.2) is 0 Å². The minimum atomic E-state index is -0.334. The van der Waals surface area contributed by atoms with Gasteiger partial charge in [-0.2, -0.15) is 0 Å². The molecule has 1 heterocycles. The van der Waals surface area contributed by atoms with Crippen molar-refractivity contribution in [2.45, 2.75) is 45.1 Å². The molecule has 1 amide bonds. The molecule has 0 bridgehead atoms. The number of ether oxygens (including phenoxy) is 1. The first kappa shape index (κ1) is 13.5. The third kappa shape index (κ3) is 4.94. The zero-order chi connectivity index (χ0) is 11.8. The number of rotatable bonds is 7. The van der Waals surface area contributed by atoms with Gasteiger partial charge in [-0.05, 0) is 25.2 Å². The van der Waals surface area contributed by atoms with Crippen LogP contribution in [-0.2, 0) is 9.53 Å². The summed E-state index contributed by atoms with van der Waals surface area (Å²) < 4.78 is 5.28. The molecule has 4 nitrogen and oxygen atoms in total. The molecule has 0 saturated carbocycles. The van der Waals surface area contributed by atoms with Crippen LogP contribution >= 0.6 is 0 Å². The number of carbonyl (C=O) groups is 1. The summed E-state index contributed by atoms with van der Waals surface area (Å²) in [4.78, 5) is 11.6. The van der Waals surface area contributed by atoms with Gasteiger partial charge in [0.25, 0.3) is 0 Å². The van der Waals surface area contributed by atoms with Crippen molar-refractivity contribution in [3.63, 3.8) is 0 Å². The Balaban J connectivity index is 2.04. The van der Waals surface area contributed by atoms with Crippen LogP contribution in [0.5, 0.6) is 0 Å². The molecule has 1 aliphatic rings. The molecule has 0 spiro atoms. The summed E-state index contributed by atoms with van der Waals surface area (Å²) in [5.74, 6) is 0.611. The first-order valence-electron chi connectivity index (χ1n) is 6.35. The number of nitrogens with one attached hydrogen (secondary N) is 1. The second-order valence-corrected chi connectivity index (χ2v) is 4.56. The topological polar surface area (TPSA) is 64.4 Å². The number of amides is 1. The van der Waals surface area contributed by atoms with E-state index in [1.807, 2.05) is 0 Å². The molecule has 4 heteroatoms. The Labute approximate surface area is 97.9 Å². The summed E-state index contributed by atoms with van der Waals surface area (Å²) in [7, 11) is 0. The maximum atomic E-state index is 11.6. The van der Waals surface area contributed by atoms with E-state index in [1.165, 1.54) is 0 Å². The SMILES string of the molecule is CCCCC(N)C(=O)NCCC1CCOC1. The molecule has 16 heavy (non-hydrogen) atoms. The molecule has 0 aromatic carbocycles. The zero-order valence-electron chi connectivity index (χ0n) is 10.2. The van der Waals surface area contributed by atoms with Gasteiger partial charge in [0.05, 0.1) is 6.04 Å². The van der Waals surface area contributed by atoms with E-state index in [0.717, 1.165) is 51.9 Å². The van der Waals surface area contributed by atoms with Gasteiger partial charge in [-0.3, -0.25) is 4.79 Å². The highest BCUT2D eigenvalue weighted by atomic mass is 16.5. The molecule has 3 N–H and O–H groups in total. The lowest BCUT2D eigenvalue weighted by atomic mass is 10.1. The van der Waals surface area contributed by atoms with Crippen LogP contribution in [0.1, 0.15) is 39.0 Å². The summed E-state index contributed by atoms with van der Waals surface area (Å²) in [6.45, 7) is 4.55. The number of nitrogens with two attached hydrogens (primary N) is 1. The number of hydrogen-bond donors (Lipinski definition) is 2. The number of unbranched alkanes of at least 4 members (excludes halogenated alkanes) is 1. The van der Waals surface area contributed by atoms with Gasteiger partial charge >= 0.3 is 0 Å². The second-order valence-electron chi connectivity index (χ2n) is 4.56. The van der Waals surface area contributed by atoms with Gasteiger partial charge in [0.1, 0.15) is 0 Å². The Morgan fingerprint density at radius 3 is 3.06 bits per heavy atom. The number of carbonyl (C=O) groups excluding carboxylic acids is 1. The lowest BCUT2D eigenvalue weighted by Gasteiger charge is -2.13. The molecule has 1 aliphatic heterocycles. The fourth-order valence-corrected chi connectivity index (χ4v) is 1.90. The van der Waals surface area contributed by atoms with E-state index in [1.54, 1.807) is 0 Å². The Morgan fingerprint density at radius 2 is 2.44 bits per heavy atom. The number of hydrogen-bond acceptors (Lipinski definition) is 3. The van der Waals surface area contributed by atoms with Crippen molar-refractivity contribution in [2.75, 3.05) is 19.8 Å². The molecule has 2 unspecified atom stereocenters. The standard InChI is InChI=1S/C12H24N2O2/c1-2-3-4-11(13)12(15)14-7-5-10-6-8-16-9-10/h10-11H,2-9,13H2,1H3,(H,14,15). The Bertz CT molecular complexity index is 203. The van der Waals surface area contributed by atoms with E-state index >= 15 is 0 Å². The van der Waals surface area contributed by atoms with Gasteiger partial charge in [0.15, 0.2) is 0 Å². The minimum Gasteiger partial charge on any atom is -0.381 e. The van der Waals surface area contributed by atoms with Crippen LogP contribution in [0.3, 0.4) is 0 Å². The predicted molar refractivity (Wildman–Crippen MR) is 64.1 cm³/mol. The van der Waals surface area contributed by atoms with Crippen molar-refractivity contribution < 1.29 is 9.53 Å². The zero-order valence-corrected chi connectivity index (χ0v) is 10.2. The highest BCUT2D eigenvalue weighted by molar-refractivity contribution is 5.81. The fraction of sp³-hybridized carbons (Fsp3) is 0.917. The lowest BCUT2D eigenvalue weighted by molar-refractivity contribution is -0.122. The maximum Gasteiger partial charge on any atom is 0.236 e. The van der Waals surface area contributed by atoms with E-state index in [2.05, 4.69) is 12.2 Å². The van der Waals surface area contributed by atoms with Crippen molar-refractivity contribution in [3.05, 3.63) is 0 Å². The minimum absolute atomic E-state index is 0.00707. The first-order valence-corrected chi connectivity index (χ1v) is 6.35. The van der Waals surface area contributed by atoms with Crippen LogP contribution in [0, 0.1) is 5.92 Å². The second kappa shape index (κ2) is 7.63. The first-order chi connectivity index (χ1) is 7.74. The molecule has 0 aromatic rings. The predicted octanol–water partition coefficient (Wildman–Crippen LogP) is 1.05. The van der Waals surface area contributed by atoms with Gasteiger partial charge < -0.3 is 15.8 Å². The van der Waals surface area contributed by atoms with Crippen molar-refractivity contribution in [1.29, 1.82) is 0 Å². The normalized spacial score (nSPS) is 22.0. The molecule has 0 aliphatic carbocycles. The van der Waals surface area contributed by atoms with Crippen LogP contribution in [0.25, 0.3) is 0 Å². The van der Waals surface area contributed by atoms with Gasteiger partial charge in [0, 0.05) is 19.8 Å². The molecule has 1 fully saturated rings. The van der Waals surface area contributed by atoms with Crippen LogP contribution in [0.4, 0.5) is 0 Å². The molecule has 0 aromatic heterocycles.